The number of carbonyl (C=O) groups is 1. The van der Waals surface area contributed by atoms with Crippen LogP contribution in [0, 0.1) is 19.3 Å². The second-order valence-electron chi connectivity index (χ2n) is 7.16. The van der Waals surface area contributed by atoms with E-state index in [1.54, 1.807) is 0 Å². The number of ether oxygens (including phenoxy) is 2. The summed E-state index contributed by atoms with van der Waals surface area (Å²) in [5, 5.41) is 3.62. The molecule has 0 radical (unpaired) electrons. The van der Waals surface area contributed by atoms with Crippen LogP contribution in [0.1, 0.15) is 48.4 Å². The average molecular weight is 332 g/mol. The Hall–Kier alpha value is -1.59. The minimum atomic E-state index is -0.495. The van der Waals surface area contributed by atoms with E-state index in [9.17, 15) is 4.79 Å². The van der Waals surface area contributed by atoms with E-state index in [0.29, 0.717) is 32.6 Å². The Morgan fingerprint density at radius 2 is 1.96 bits per heavy atom. The number of aryl methyl sites for hydroxylation is 2. The summed E-state index contributed by atoms with van der Waals surface area (Å²) in [6.45, 7) is 6.78. The number of rotatable bonds is 4. The van der Waals surface area contributed by atoms with Crippen molar-refractivity contribution in [2.75, 3.05) is 26.4 Å². The van der Waals surface area contributed by atoms with Gasteiger partial charge >= 0.3 is 0 Å². The van der Waals surface area contributed by atoms with E-state index in [4.69, 9.17) is 15.2 Å². The van der Waals surface area contributed by atoms with Crippen LogP contribution in [0.2, 0.25) is 0 Å². The van der Waals surface area contributed by atoms with Gasteiger partial charge in [-0.3, -0.25) is 4.79 Å². The third-order valence-corrected chi connectivity index (χ3v) is 5.56. The minimum absolute atomic E-state index is 0.195. The fourth-order valence-electron chi connectivity index (χ4n) is 3.64. The number of amides is 1. The number of carbonyl (C=O) groups excluding carboxylic acids is 1. The van der Waals surface area contributed by atoms with Gasteiger partial charge in [-0.05, 0) is 56.7 Å². The summed E-state index contributed by atoms with van der Waals surface area (Å²) in [6.07, 6.45) is 3.38. The predicted octanol–water partition coefficient (Wildman–Crippen LogP) is 2.39. The third-order valence-electron chi connectivity index (χ3n) is 5.56. The van der Waals surface area contributed by atoms with Crippen LogP contribution in [0.5, 0.6) is 5.75 Å². The van der Waals surface area contributed by atoms with Gasteiger partial charge in [0.25, 0.3) is 0 Å². The van der Waals surface area contributed by atoms with Crippen molar-refractivity contribution in [2.24, 2.45) is 11.1 Å². The van der Waals surface area contributed by atoms with Gasteiger partial charge in [0.05, 0.1) is 12.0 Å². The van der Waals surface area contributed by atoms with Crippen LogP contribution >= 0.6 is 0 Å². The second-order valence-corrected chi connectivity index (χ2v) is 7.16. The molecule has 2 heterocycles. The molecule has 1 fully saturated rings. The summed E-state index contributed by atoms with van der Waals surface area (Å²) in [6, 6.07) is 4.54. The Morgan fingerprint density at radius 3 is 2.67 bits per heavy atom. The minimum Gasteiger partial charge on any atom is -0.493 e. The first-order chi connectivity index (χ1) is 11.5. The molecule has 2 aliphatic rings. The molecule has 0 aliphatic carbocycles. The summed E-state index contributed by atoms with van der Waals surface area (Å²) < 4.78 is 11.3. The first-order valence-electron chi connectivity index (χ1n) is 8.87. The molecular weight excluding hydrogens is 304 g/mol. The van der Waals surface area contributed by atoms with E-state index < -0.39 is 5.41 Å². The standard InChI is InChI=1S/C19H28N2O3/c1-13-10-15-16(4-3-7-24-17(15)11-14(13)2)21-12-19(18(20)22)5-8-23-9-6-19/h10-11,16,21H,3-9,12H2,1-2H3,(H2,20,22)/t16-/m0/s1. The Balaban J connectivity index is 1.80. The van der Waals surface area contributed by atoms with Crippen molar-refractivity contribution >= 4 is 5.91 Å². The quantitative estimate of drug-likeness (QED) is 0.888. The van der Waals surface area contributed by atoms with Crippen LogP contribution in [-0.4, -0.2) is 32.3 Å². The molecule has 3 N–H and O–H groups in total. The second kappa shape index (κ2) is 7.11. The Labute approximate surface area is 143 Å². The van der Waals surface area contributed by atoms with Gasteiger partial charge in [0.2, 0.25) is 5.91 Å². The molecule has 132 valence electrons. The van der Waals surface area contributed by atoms with E-state index in [-0.39, 0.29) is 11.9 Å². The smallest absolute Gasteiger partial charge is 0.225 e. The van der Waals surface area contributed by atoms with Crippen molar-refractivity contribution in [3.05, 3.63) is 28.8 Å². The molecule has 1 aromatic carbocycles. The summed E-state index contributed by atoms with van der Waals surface area (Å²) in [5.74, 6) is 0.747. The fraction of sp³-hybridized carbons (Fsp3) is 0.632. The molecule has 2 aliphatic heterocycles. The lowest BCUT2D eigenvalue weighted by atomic mass is 9.79. The van der Waals surface area contributed by atoms with Crippen LogP contribution in [0.4, 0.5) is 0 Å². The number of hydrogen-bond acceptors (Lipinski definition) is 4. The van der Waals surface area contributed by atoms with Gasteiger partial charge in [-0.15, -0.1) is 0 Å². The van der Waals surface area contributed by atoms with Crippen LogP contribution in [-0.2, 0) is 9.53 Å². The van der Waals surface area contributed by atoms with Gasteiger partial charge < -0.3 is 20.5 Å². The van der Waals surface area contributed by atoms with Crippen LogP contribution in [0.3, 0.4) is 0 Å². The molecule has 3 rings (SSSR count). The van der Waals surface area contributed by atoms with Gasteiger partial charge in [-0.1, -0.05) is 6.07 Å². The maximum atomic E-state index is 12.1. The highest BCUT2D eigenvalue weighted by atomic mass is 16.5. The van der Waals surface area contributed by atoms with Gasteiger partial charge in [-0.2, -0.15) is 0 Å². The molecule has 24 heavy (non-hydrogen) atoms. The maximum Gasteiger partial charge on any atom is 0.225 e. The molecule has 0 unspecified atom stereocenters. The van der Waals surface area contributed by atoms with Crippen molar-refractivity contribution < 1.29 is 14.3 Å². The molecule has 1 saturated heterocycles. The molecule has 0 bridgehead atoms. The third kappa shape index (κ3) is 3.42. The Kier molecular flexibility index (Phi) is 5.11. The fourth-order valence-corrected chi connectivity index (χ4v) is 3.64. The van der Waals surface area contributed by atoms with E-state index in [1.807, 2.05) is 0 Å². The topological polar surface area (TPSA) is 73.6 Å². The van der Waals surface area contributed by atoms with E-state index >= 15 is 0 Å². The van der Waals surface area contributed by atoms with Crippen molar-refractivity contribution in [3.8, 4) is 5.75 Å². The highest BCUT2D eigenvalue weighted by Gasteiger charge is 2.39. The molecule has 0 aromatic heterocycles. The molecule has 0 saturated carbocycles. The average Bonchev–Trinajstić information content (AvgIpc) is 2.76. The van der Waals surface area contributed by atoms with E-state index in [2.05, 4.69) is 31.3 Å². The monoisotopic (exact) mass is 332 g/mol. The molecule has 5 heteroatoms. The van der Waals surface area contributed by atoms with E-state index in [0.717, 1.165) is 25.2 Å². The Bertz CT molecular complexity index is 609. The largest absolute Gasteiger partial charge is 0.493 e. The number of nitrogens with two attached hydrogens (primary N) is 1. The van der Waals surface area contributed by atoms with Gasteiger partial charge in [0.15, 0.2) is 0 Å². The SMILES string of the molecule is Cc1cc2c(cc1C)[C@@H](NCC1(C(N)=O)CCOCC1)CCCO2. The first kappa shape index (κ1) is 17.2. The van der Waals surface area contributed by atoms with Gasteiger partial charge in [-0.25, -0.2) is 0 Å². The van der Waals surface area contributed by atoms with Gasteiger partial charge in [0.1, 0.15) is 5.75 Å². The van der Waals surface area contributed by atoms with Crippen LogP contribution in [0.25, 0.3) is 0 Å². The van der Waals surface area contributed by atoms with Gasteiger partial charge in [0, 0.05) is 31.4 Å². The van der Waals surface area contributed by atoms with Crippen molar-refractivity contribution in [1.82, 2.24) is 5.32 Å². The number of hydrogen-bond donors (Lipinski definition) is 2. The van der Waals surface area contributed by atoms with Crippen LogP contribution < -0.4 is 15.8 Å². The number of fused-ring (bicyclic) bond motifs is 1. The molecule has 0 spiro atoms. The molecule has 1 atom stereocenters. The van der Waals surface area contributed by atoms with Crippen molar-refractivity contribution in [3.63, 3.8) is 0 Å². The number of nitrogens with one attached hydrogen (secondary N) is 1. The first-order valence-corrected chi connectivity index (χ1v) is 8.87. The van der Waals surface area contributed by atoms with Crippen molar-refractivity contribution in [1.29, 1.82) is 0 Å². The lowest BCUT2D eigenvalue weighted by molar-refractivity contribution is -0.133. The zero-order chi connectivity index (χ0) is 17.2. The molecule has 5 nitrogen and oxygen atoms in total. The molecule has 1 aromatic rings. The van der Waals surface area contributed by atoms with Crippen molar-refractivity contribution in [2.45, 2.75) is 45.6 Å². The normalized spacial score (nSPS) is 23.0. The summed E-state index contributed by atoms with van der Waals surface area (Å²) in [7, 11) is 0. The van der Waals surface area contributed by atoms with Crippen LogP contribution in [0.15, 0.2) is 12.1 Å². The number of primary amides is 1. The lowest BCUT2D eigenvalue weighted by Gasteiger charge is -2.35. The molecular formula is C19H28N2O3. The zero-order valence-corrected chi connectivity index (χ0v) is 14.7. The highest BCUT2D eigenvalue weighted by molar-refractivity contribution is 5.81. The summed E-state index contributed by atoms with van der Waals surface area (Å²) >= 11 is 0. The van der Waals surface area contributed by atoms with E-state index in [1.165, 1.54) is 16.7 Å². The summed E-state index contributed by atoms with van der Waals surface area (Å²) in [5.41, 5.74) is 8.94. The summed E-state index contributed by atoms with van der Waals surface area (Å²) in [4.78, 5) is 12.1. The predicted molar refractivity (Wildman–Crippen MR) is 93.1 cm³/mol. The highest BCUT2D eigenvalue weighted by Crippen LogP contribution is 2.36. The zero-order valence-electron chi connectivity index (χ0n) is 14.7. The number of benzene rings is 1. The maximum absolute atomic E-state index is 12.1. The molecule has 1 amide bonds. The Morgan fingerprint density at radius 1 is 1.25 bits per heavy atom. The lowest BCUT2D eigenvalue weighted by Crippen LogP contribution is -2.49.